The van der Waals surface area contributed by atoms with E-state index in [0.717, 1.165) is 0 Å². The molecule has 2 aliphatic carbocycles. The molecule has 0 radical (unpaired) electrons. The van der Waals surface area contributed by atoms with Gasteiger partial charge in [-0.25, -0.2) is 0 Å². The quantitative estimate of drug-likeness (QED) is 0.314. The number of aliphatic hydroxyl groups excluding tert-OH is 2. The van der Waals surface area contributed by atoms with Crippen LogP contribution in [0, 0.1) is 10.8 Å². The summed E-state index contributed by atoms with van der Waals surface area (Å²) in [4.78, 5) is 49.9. The summed E-state index contributed by atoms with van der Waals surface area (Å²) >= 11 is 0. The molecule has 7 atom stereocenters. The summed E-state index contributed by atoms with van der Waals surface area (Å²) in [5.74, 6) is -2.39. The zero-order chi connectivity index (χ0) is 26.5. The Hall–Kier alpha value is -2.30. The van der Waals surface area contributed by atoms with Gasteiger partial charge in [0.2, 0.25) is 0 Å². The van der Waals surface area contributed by atoms with Gasteiger partial charge < -0.3 is 29.2 Å². The summed E-state index contributed by atoms with van der Waals surface area (Å²) in [6.45, 7) is 10.5. The lowest BCUT2D eigenvalue weighted by atomic mass is 9.58. The molecular formula is C25H36O10. The van der Waals surface area contributed by atoms with Crippen molar-refractivity contribution >= 4 is 23.7 Å². The lowest BCUT2D eigenvalue weighted by molar-refractivity contribution is -0.291. The predicted octanol–water partition coefficient (Wildman–Crippen LogP) is 1.39. The zero-order valence-electron chi connectivity index (χ0n) is 21.4. The number of carbonyl (C=O) groups is 4. The first kappa shape index (κ1) is 27.3. The monoisotopic (exact) mass is 496 g/mol. The highest BCUT2D eigenvalue weighted by molar-refractivity contribution is 5.94. The highest BCUT2D eigenvalue weighted by Gasteiger charge is 2.65. The maximum absolute atomic E-state index is 14.2. The van der Waals surface area contributed by atoms with E-state index in [-0.39, 0.29) is 25.9 Å². The van der Waals surface area contributed by atoms with Crippen LogP contribution in [0.2, 0.25) is 0 Å². The molecule has 196 valence electrons. The fourth-order valence-electron chi connectivity index (χ4n) is 5.83. The van der Waals surface area contributed by atoms with Crippen molar-refractivity contribution in [3.63, 3.8) is 0 Å². The zero-order valence-corrected chi connectivity index (χ0v) is 21.4. The number of aliphatic hydroxyl groups is 2. The Morgan fingerprint density at radius 1 is 0.971 bits per heavy atom. The van der Waals surface area contributed by atoms with E-state index in [1.807, 2.05) is 0 Å². The summed E-state index contributed by atoms with van der Waals surface area (Å²) in [5.41, 5.74) is -2.71. The van der Waals surface area contributed by atoms with Gasteiger partial charge in [0.1, 0.15) is 12.2 Å². The summed E-state index contributed by atoms with van der Waals surface area (Å²) in [6, 6.07) is 0. The molecule has 2 N–H and O–H groups in total. The van der Waals surface area contributed by atoms with Crippen LogP contribution in [0.5, 0.6) is 0 Å². The molecule has 0 bridgehead atoms. The number of esters is 3. The van der Waals surface area contributed by atoms with Gasteiger partial charge in [-0.05, 0) is 25.0 Å². The maximum Gasteiger partial charge on any atom is 0.303 e. The van der Waals surface area contributed by atoms with Crippen molar-refractivity contribution in [1.29, 1.82) is 0 Å². The Morgan fingerprint density at radius 2 is 1.60 bits per heavy atom. The fourth-order valence-corrected chi connectivity index (χ4v) is 5.83. The number of hydrogen-bond donors (Lipinski definition) is 2. The third-order valence-corrected chi connectivity index (χ3v) is 7.83. The lowest BCUT2D eigenvalue weighted by Gasteiger charge is -2.57. The van der Waals surface area contributed by atoms with Gasteiger partial charge in [0.15, 0.2) is 17.5 Å². The SMILES string of the molecule is CC(=O)O[C@@H](C(=O)[C@@]1(C)C[C@]2(OC(C)=O)COC2C[C@@H]1O)C1=C(C)[C@@H](OC(C)=O)C[C@H](O)C1(C)C. The van der Waals surface area contributed by atoms with Crippen LogP contribution in [0.3, 0.4) is 0 Å². The van der Waals surface area contributed by atoms with Gasteiger partial charge in [-0.2, -0.15) is 0 Å². The molecule has 0 aromatic rings. The largest absolute Gasteiger partial charge is 0.458 e. The molecule has 1 aliphatic heterocycles. The van der Waals surface area contributed by atoms with Crippen LogP contribution >= 0.6 is 0 Å². The summed E-state index contributed by atoms with van der Waals surface area (Å²) in [6.07, 6.45) is -4.82. The molecule has 2 fully saturated rings. The van der Waals surface area contributed by atoms with E-state index >= 15 is 0 Å². The smallest absolute Gasteiger partial charge is 0.303 e. The average Bonchev–Trinajstić information content (AvgIpc) is 2.71. The molecule has 0 aromatic carbocycles. The van der Waals surface area contributed by atoms with Crippen LogP contribution in [0.1, 0.15) is 67.7 Å². The molecule has 1 heterocycles. The summed E-state index contributed by atoms with van der Waals surface area (Å²) in [7, 11) is 0. The Labute approximate surface area is 204 Å². The van der Waals surface area contributed by atoms with E-state index < -0.39 is 70.6 Å². The Bertz CT molecular complexity index is 952. The van der Waals surface area contributed by atoms with Crippen LogP contribution in [0.15, 0.2) is 11.1 Å². The molecular weight excluding hydrogens is 460 g/mol. The Kier molecular flexibility index (Phi) is 7.25. The standard InChI is InChI=1S/C25H36O10/c1-12-16(33-13(2)26)8-17(29)23(5,6)20(12)21(34-14(3)27)22(31)24(7)10-25(35-15(4)28)11-32-19(25)9-18(24)30/h16-19,21,29-30H,8-11H2,1-7H3/t16-,17-,18-,19?,21+,24-,25-/m0/s1. The van der Waals surface area contributed by atoms with Gasteiger partial charge in [0.05, 0.1) is 24.2 Å². The van der Waals surface area contributed by atoms with E-state index in [4.69, 9.17) is 18.9 Å². The molecule has 10 nitrogen and oxygen atoms in total. The van der Waals surface area contributed by atoms with Crippen LogP contribution in [-0.2, 0) is 38.1 Å². The van der Waals surface area contributed by atoms with Gasteiger partial charge in [0, 0.05) is 45.4 Å². The van der Waals surface area contributed by atoms with E-state index in [9.17, 15) is 29.4 Å². The third kappa shape index (κ3) is 4.75. The van der Waals surface area contributed by atoms with Crippen molar-refractivity contribution in [2.45, 2.75) is 104 Å². The summed E-state index contributed by atoms with van der Waals surface area (Å²) < 4.78 is 22.1. The van der Waals surface area contributed by atoms with Gasteiger partial charge >= 0.3 is 17.9 Å². The predicted molar refractivity (Wildman–Crippen MR) is 121 cm³/mol. The highest BCUT2D eigenvalue weighted by Crippen LogP contribution is 2.52. The number of Topliss-reactive ketones (excluding diaryl/α,β-unsaturated/α-hetero) is 1. The number of ether oxygens (including phenoxy) is 4. The number of fused-ring (bicyclic) bond motifs is 1. The molecule has 0 spiro atoms. The van der Waals surface area contributed by atoms with Crippen molar-refractivity contribution in [3.05, 3.63) is 11.1 Å². The first-order valence-corrected chi connectivity index (χ1v) is 11.8. The molecule has 1 saturated heterocycles. The van der Waals surface area contributed by atoms with E-state index in [2.05, 4.69) is 0 Å². The van der Waals surface area contributed by atoms with E-state index in [1.54, 1.807) is 27.7 Å². The molecule has 10 heteroatoms. The van der Waals surface area contributed by atoms with Gasteiger partial charge in [-0.1, -0.05) is 13.8 Å². The maximum atomic E-state index is 14.2. The topological polar surface area (TPSA) is 146 Å². The first-order valence-electron chi connectivity index (χ1n) is 11.8. The van der Waals surface area contributed by atoms with Crippen molar-refractivity contribution in [1.82, 2.24) is 0 Å². The molecule has 3 aliphatic rings. The van der Waals surface area contributed by atoms with Gasteiger partial charge in [0.25, 0.3) is 0 Å². The Morgan fingerprint density at radius 3 is 2.09 bits per heavy atom. The van der Waals surface area contributed by atoms with Crippen molar-refractivity contribution in [2.24, 2.45) is 10.8 Å². The molecule has 0 amide bonds. The second-order valence-electron chi connectivity index (χ2n) is 10.8. The first-order chi connectivity index (χ1) is 16.0. The van der Waals surface area contributed by atoms with Gasteiger partial charge in [-0.15, -0.1) is 0 Å². The number of rotatable bonds is 6. The Balaban J connectivity index is 2.09. The van der Waals surface area contributed by atoms with E-state index in [1.165, 1.54) is 20.8 Å². The average molecular weight is 497 g/mol. The van der Waals surface area contributed by atoms with Crippen molar-refractivity contribution in [2.75, 3.05) is 6.61 Å². The summed E-state index contributed by atoms with van der Waals surface area (Å²) in [5, 5.41) is 22.0. The number of carbonyl (C=O) groups excluding carboxylic acids is 4. The lowest BCUT2D eigenvalue weighted by Crippen LogP contribution is -2.70. The van der Waals surface area contributed by atoms with Crippen LogP contribution in [0.4, 0.5) is 0 Å². The van der Waals surface area contributed by atoms with Crippen LogP contribution in [0.25, 0.3) is 0 Å². The van der Waals surface area contributed by atoms with Crippen molar-refractivity contribution in [3.8, 4) is 0 Å². The molecule has 35 heavy (non-hydrogen) atoms. The number of hydrogen-bond acceptors (Lipinski definition) is 10. The second kappa shape index (κ2) is 9.29. The van der Waals surface area contributed by atoms with Gasteiger partial charge in [-0.3, -0.25) is 19.2 Å². The van der Waals surface area contributed by atoms with Crippen molar-refractivity contribution < 1.29 is 48.3 Å². The normalized spacial score (nSPS) is 36.8. The molecule has 3 rings (SSSR count). The second-order valence-corrected chi connectivity index (χ2v) is 10.8. The minimum absolute atomic E-state index is 0.0231. The van der Waals surface area contributed by atoms with Crippen LogP contribution < -0.4 is 0 Å². The fraction of sp³-hybridized carbons (Fsp3) is 0.760. The molecule has 0 aromatic heterocycles. The third-order valence-electron chi connectivity index (χ3n) is 7.83. The van der Waals surface area contributed by atoms with Crippen LogP contribution in [-0.4, -0.2) is 76.6 Å². The number of ketones is 1. The highest BCUT2D eigenvalue weighted by atomic mass is 16.6. The minimum atomic E-state index is -1.46. The molecule has 1 unspecified atom stereocenters. The van der Waals surface area contributed by atoms with E-state index in [0.29, 0.717) is 11.1 Å². The minimum Gasteiger partial charge on any atom is -0.458 e. The molecule has 1 saturated carbocycles.